The first-order valence-corrected chi connectivity index (χ1v) is 14.1. The highest BCUT2D eigenvalue weighted by Crippen LogP contribution is 2.49. The number of benzene rings is 3. The number of amides is 3. The second-order valence-corrected chi connectivity index (χ2v) is 10.7. The molecular weight excluding hydrogens is 552 g/mol. The minimum absolute atomic E-state index is 0.124. The number of non-ortho nitro benzene ring substituents is 1. The smallest absolute Gasteiger partial charge is 0.338 e. The number of nitro groups is 1. The molecule has 1 N–H and O–H groups in total. The number of anilines is 3. The number of hydrogen-bond acceptors (Lipinski definition) is 8. The van der Waals surface area contributed by atoms with Gasteiger partial charge in [0.25, 0.3) is 5.69 Å². The number of unbranched alkanes of at least 4 members (excludes halogenated alkanes) is 1. The summed E-state index contributed by atoms with van der Waals surface area (Å²) in [7, 11) is 0. The molecule has 3 aromatic rings. The number of carbonyl (C=O) groups is 4. The summed E-state index contributed by atoms with van der Waals surface area (Å²) in [6.45, 7) is 2.30. The molecule has 4 atom stereocenters. The van der Waals surface area contributed by atoms with E-state index in [1.54, 1.807) is 0 Å². The van der Waals surface area contributed by atoms with Crippen LogP contribution in [0.4, 0.5) is 22.7 Å². The Morgan fingerprint density at radius 1 is 0.953 bits per heavy atom. The Kier molecular flexibility index (Phi) is 7.22. The van der Waals surface area contributed by atoms with Crippen LogP contribution >= 0.6 is 0 Å². The minimum atomic E-state index is -1.04. The van der Waals surface area contributed by atoms with Crippen molar-refractivity contribution in [3.8, 4) is 0 Å². The minimum Gasteiger partial charge on any atom is -0.462 e. The van der Waals surface area contributed by atoms with Crippen molar-refractivity contribution in [1.82, 2.24) is 0 Å². The Morgan fingerprint density at radius 2 is 1.65 bits per heavy atom. The van der Waals surface area contributed by atoms with E-state index in [0.717, 1.165) is 29.0 Å². The third kappa shape index (κ3) is 4.82. The van der Waals surface area contributed by atoms with Crippen molar-refractivity contribution in [1.29, 1.82) is 0 Å². The molecule has 6 rings (SSSR count). The fraction of sp³-hybridized carbons (Fsp3) is 0.250. The molecule has 218 valence electrons. The average molecular weight is 581 g/mol. The number of hydrogen-bond donors (Lipinski definition) is 1. The van der Waals surface area contributed by atoms with Crippen molar-refractivity contribution >= 4 is 52.5 Å². The van der Waals surface area contributed by atoms with Gasteiger partial charge >= 0.3 is 5.97 Å². The summed E-state index contributed by atoms with van der Waals surface area (Å²) in [5.74, 6) is -3.77. The number of rotatable bonds is 8. The fourth-order valence-electron chi connectivity index (χ4n) is 6.09. The predicted octanol–water partition coefficient (Wildman–Crippen LogP) is 4.58. The number of ether oxygens (including phenoxy) is 1. The Hall–Kier alpha value is -5.32. The molecule has 0 spiro atoms. The lowest BCUT2D eigenvalue weighted by Crippen LogP contribution is -2.50. The van der Waals surface area contributed by atoms with E-state index < -0.39 is 52.5 Å². The maximum atomic E-state index is 14.0. The molecule has 3 aromatic carbocycles. The Bertz CT molecular complexity index is 1650. The van der Waals surface area contributed by atoms with Crippen molar-refractivity contribution in [2.45, 2.75) is 31.8 Å². The topological polar surface area (TPSA) is 139 Å². The van der Waals surface area contributed by atoms with Crippen LogP contribution in [-0.2, 0) is 19.1 Å². The molecule has 3 aliphatic rings. The van der Waals surface area contributed by atoms with Gasteiger partial charge in [-0.05, 0) is 54.4 Å². The lowest BCUT2D eigenvalue weighted by Gasteiger charge is -2.36. The molecule has 3 heterocycles. The lowest BCUT2D eigenvalue weighted by atomic mass is 9.88. The van der Waals surface area contributed by atoms with Crippen LogP contribution in [0.1, 0.15) is 35.7 Å². The number of para-hydroxylation sites is 1. The second-order valence-electron chi connectivity index (χ2n) is 10.7. The summed E-state index contributed by atoms with van der Waals surface area (Å²) in [5, 5.41) is 13.9. The van der Waals surface area contributed by atoms with E-state index in [2.05, 4.69) is 5.32 Å². The van der Waals surface area contributed by atoms with Crippen molar-refractivity contribution in [2.24, 2.45) is 11.8 Å². The Morgan fingerprint density at radius 3 is 2.35 bits per heavy atom. The number of esters is 1. The van der Waals surface area contributed by atoms with Crippen LogP contribution in [0.15, 0.2) is 78.9 Å². The van der Waals surface area contributed by atoms with Crippen molar-refractivity contribution in [3.63, 3.8) is 0 Å². The van der Waals surface area contributed by atoms with E-state index in [-0.39, 0.29) is 5.69 Å². The van der Waals surface area contributed by atoms with E-state index in [0.29, 0.717) is 23.5 Å². The molecule has 0 aromatic heterocycles. The number of nitrogens with zero attached hydrogens (tertiary/aromatic N) is 3. The van der Waals surface area contributed by atoms with Crippen LogP contribution in [0.5, 0.6) is 0 Å². The molecule has 0 saturated carbocycles. The van der Waals surface area contributed by atoms with Gasteiger partial charge < -0.3 is 15.0 Å². The quantitative estimate of drug-likeness (QED) is 0.134. The highest BCUT2D eigenvalue weighted by molar-refractivity contribution is 6.25. The third-order valence-corrected chi connectivity index (χ3v) is 8.12. The summed E-state index contributed by atoms with van der Waals surface area (Å²) >= 11 is 0. The van der Waals surface area contributed by atoms with Gasteiger partial charge in [0.05, 0.1) is 40.7 Å². The number of imide groups is 1. The standard InChI is InChI=1S/C32H28N4O7/c1-2-3-18-43-32(40)20-8-13-22(14-9-20)34-30(38)26-25-17-10-19-6-4-5-7-24(19)35(25)28(27(26)31(34)39)29(37)33-21-11-15-23(16-12-21)36(41)42/h4-17,25-28H,2-3,18H2,1H3,(H,33,37)/t25-,26-,27+,28-/m0/s1. The monoisotopic (exact) mass is 580 g/mol. The van der Waals surface area contributed by atoms with Gasteiger partial charge in [0, 0.05) is 23.5 Å². The van der Waals surface area contributed by atoms with Gasteiger partial charge in [-0.3, -0.25) is 24.5 Å². The first-order chi connectivity index (χ1) is 20.8. The normalized spacial score (nSPS) is 21.7. The zero-order valence-corrected chi connectivity index (χ0v) is 23.2. The van der Waals surface area contributed by atoms with E-state index in [4.69, 9.17) is 4.74 Å². The largest absolute Gasteiger partial charge is 0.462 e. The second kappa shape index (κ2) is 11.2. The highest BCUT2D eigenvalue weighted by atomic mass is 16.6. The predicted molar refractivity (Wildman–Crippen MR) is 158 cm³/mol. The fourth-order valence-corrected chi connectivity index (χ4v) is 6.09. The maximum absolute atomic E-state index is 14.0. The molecule has 43 heavy (non-hydrogen) atoms. The Balaban J connectivity index is 1.32. The van der Waals surface area contributed by atoms with Gasteiger partial charge in [-0.1, -0.05) is 43.7 Å². The highest BCUT2D eigenvalue weighted by Gasteiger charge is 2.64. The summed E-state index contributed by atoms with van der Waals surface area (Å²) in [4.78, 5) is 67.7. The van der Waals surface area contributed by atoms with Crippen LogP contribution in [-0.4, -0.2) is 47.3 Å². The van der Waals surface area contributed by atoms with Crippen LogP contribution in [0.2, 0.25) is 0 Å². The molecule has 0 radical (unpaired) electrons. The number of fused-ring (bicyclic) bond motifs is 5. The van der Waals surface area contributed by atoms with Crippen LogP contribution in [0.25, 0.3) is 6.08 Å². The van der Waals surface area contributed by atoms with E-state index in [9.17, 15) is 29.3 Å². The van der Waals surface area contributed by atoms with Gasteiger partial charge in [0.1, 0.15) is 6.04 Å². The summed E-state index contributed by atoms with van der Waals surface area (Å²) in [6, 6.07) is 17.4. The zero-order valence-electron chi connectivity index (χ0n) is 23.2. The lowest BCUT2D eigenvalue weighted by molar-refractivity contribution is -0.384. The van der Waals surface area contributed by atoms with Crippen LogP contribution < -0.4 is 15.1 Å². The molecule has 3 amide bonds. The molecular formula is C32H28N4O7. The van der Waals surface area contributed by atoms with Gasteiger partial charge in [0.15, 0.2) is 0 Å². The molecule has 0 bridgehead atoms. The first-order valence-electron chi connectivity index (χ1n) is 14.1. The molecule has 11 heteroatoms. The number of nitrogens with one attached hydrogen (secondary N) is 1. The van der Waals surface area contributed by atoms with Crippen LogP contribution in [0.3, 0.4) is 0 Å². The van der Waals surface area contributed by atoms with Crippen molar-refractivity contribution in [3.05, 3.63) is 100 Å². The average Bonchev–Trinajstić information content (AvgIpc) is 3.50. The van der Waals surface area contributed by atoms with Crippen molar-refractivity contribution < 1.29 is 28.8 Å². The van der Waals surface area contributed by atoms with Crippen LogP contribution in [0, 0.1) is 22.0 Å². The zero-order chi connectivity index (χ0) is 30.2. The summed E-state index contributed by atoms with van der Waals surface area (Å²) in [6.07, 6.45) is 5.38. The van der Waals surface area contributed by atoms with E-state index in [1.807, 2.05) is 48.2 Å². The molecule has 11 nitrogen and oxygen atoms in total. The van der Waals surface area contributed by atoms with E-state index >= 15 is 0 Å². The number of carbonyl (C=O) groups excluding carboxylic acids is 4. The maximum Gasteiger partial charge on any atom is 0.338 e. The molecule has 0 unspecified atom stereocenters. The summed E-state index contributed by atoms with van der Waals surface area (Å²) < 4.78 is 5.25. The summed E-state index contributed by atoms with van der Waals surface area (Å²) in [5.41, 5.74) is 2.39. The van der Waals surface area contributed by atoms with Gasteiger partial charge in [-0.25, -0.2) is 9.69 Å². The molecule has 0 aliphatic carbocycles. The molecule has 2 fully saturated rings. The van der Waals surface area contributed by atoms with Crippen molar-refractivity contribution in [2.75, 3.05) is 21.7 Å². The van der Waals surface area contributed by atoms with Gasteiger partial charge in [0.2, 0.25) is 17.7 Å². The third-order valence-electron chi connectivity index (χ3n) is 8.12. The number of nitro benzene ring substituents is 1. The molecule has 3 aliphatic heterocycles. The van der Waals surface area contributed by atoms with E-state index in [1.165, 1.54) is 48.5 Å². The first kappa shape index (κ1) is 27.8. The van der Waals surface area contributed by atoms with Gasteiger partial charge in [-0.2, -0.15) is 0 Å². The SMILES string of the molecule is CCCCOC(=O)c1ccc(N2C(=O)[C@@H]3[C@@H](C2=O)[C@@H]2C=Cc4ccccc4N2[C@@H]3C(=O)Nc2ccc([N+](=O)[O-])cc2)cc1. The van der Waals surface area contributed by atoms with Gasteiger partial charge in [-0.15, -0.1) is 0 Å². The molecule has 2 saturated heterocycles. The Labute approximate surface area is 246 Å².